The molecule has 0 aliphatic heterocycles. The minimum Gasteiger partial charge on any atom is -0.485 e. The molecule has 0 saturated carbocycles. The number of aryl methyl sites for hydroxylation is 2. The van der Waals surface area contributed by atoms with Crippen LogP contribution in [0.5, 0.6) is 5.75 Å². The van der Waals surface area contributed by atoms with Crippen LogP contribution in [-0.4, -0.2) is 26.0 Å². The quantitative estimate of drug-likeness (QED) is 0.443. The van der Waals surface area contributed by atoms with E-state index in [2.05, 4.69) is 15.5 Å². The fourth-order valence-electron chi connectivity index (χ4n) is 2.71. The summed E-state index contributed by atoms with van der Waals surface area (Å²) in [7, 11) is 0. The monoisotopic (exact) mass is 422 g/mol. The van der Waals surface area contributed by atoms with E-state index in [9.17, 15) is 4.79 Å². The van der Waals surface area contributed by atoms with Crippen molar-refractivity contribution in [3.05, 3.63) is 65.0 Å². The third-order valence-corrected chi connectivity index (χ3v) is 5.39. The molecule has 0 unspecified atom stereocenters. The summed E-state index contributed by atoms with van der Waals surface area (Å²) in [6.07, 6.45) is 0. The predicted octanol–water partition coefficient (Wildman–Crippen LogP) is 3.18. The Kier molecular flexibility index (Phi) is 6.59. The number of amides is 1. The highest BCUT2D eigenvalue weighted by Gasteiger charge is 2.20. The Bertz CT molecular complexity index is 1110. The van der Waals surface area contributed by atoms with Crippen LogP contribution < -0.4 is 15.9 Å². The molecule has 8 nitrogen and oxygen atoms in total. The van der Waals surface area contributed by atoms with E-state index >= 15 is 0 Å². The number of nitrogens with zero attached hydrogens (tertiary/aromatic N) is 4. The zero-order valence-corrected chi connectivity index (χ0v) is 17.7. The molecule has 1 aromatic heterocycles. The van der Waals surface area contributed by atoms with Crippen LogP contribution in [-0.2, 0) is 11.4 Å². The smallest absolute Gasteiger partial charge is 0.237 e. The Morgan fingerprint density at radius 2 is 2.10 bits per heavy atom. The topological polar surface area (TPSA) is 119 Å². The first-order valence-corrected chi connectivity index (χ1v) is 10.1. The average Bonchev–Trinajstić information content (AvgIpc) is 3.07. The average molecular weight is 423 g/mol. The van der Waals surface area contributed by atoms with Crippen molar-refractivity contribution in [2.24, 2.45) is 0 Å². The second-order valence-electron chi connectivity index (χ2n) is 6.77. The van der Waals surface area contributed by atoms with Gasteiger partial charge in [-0.25, -0.2) is 4.68 Å². The fourth-order valence-corrected chi connectivity index (χ4v) is 3.50. The van der Waals surface area contributed by atoms with Gasteiger partial charge in [-0.3, -0.25) is 4.79 Å². The molecule has 0 spiro atoms. The van der Waals surface area contributed by atoms with Gasteiger partial charge in [-0.2, -0.15) is 5.26 Å². The molecule has 30 heavy (non-hydrogen) atoms. The van der Waals surface area contributed by atoms with Gasteiger partial charge in [0.25, 0.3) is 0 Å². The molecule has 154 valence electrons. The molecule has 0 fully saturated rings. The van der Waals surface area contributed by atoms with Gasteiger partial charge in [-0.1, -0.05) is 35.5 Å². The van der Waals surface area contributed by atoms with Crippen LogP contribution in [0.2, 0.25) is 0 Å². The first-order chi connectivity index (χ1) is 14.4. The Morgan fingerprint density at radius 1 is 1.30 bits per heavy atom. The molecule has 1 amide bonds. The first-order valence-electron chi connectivity index (χ1n) is 9.24. The van der Waals surface area contributed by atoms with Gasteiger partial charge in [0.2, 0.25) is 11.1 Å². The Labute approximate surface area is 179 Å². The van der Waals surface area contributed by atoms with E-state index in [1.165, 1.54) is 16.4 Å². The maximum atomic E-state index is 12.5. The van der Waals surface area contributed by atoms with Gasteiger partial charge >= 0.3 is 0 Å². The molecule has 3 N–H and O–H groups in total. The van der Waals surface area contributed by atoms with E-state index in [0.29, 0.717) is 22.2 Å². The summed E-state index contributed by atoms with van der Waals surface area (Å²) in [5.41, 5.74) is 3.22. The van der Waals surface area contributed by atoms with Crippen molar-refractivity contribution in [2.45, 2.75) is 37.8 Å². The standard InChI is InChI=1S/C21H22N6O2S/c1-13-7-8-18(14(2)9-13)29-12-19-25-26-21(27(19)23)30-15(3)20(28)24-17-6-4-5-16(10-17)11-22/h4-10,15H,12,23H2,1-3H3,(H,24,28)/t15-/m1/s1. The molecule has 3 rings (SSSR count). The molecule has 3 aromatic rings. The summed E-state index contributed by atoms with van der Waals surface area (Å²) in [5, 5.41) is 19.8. The lowest BCUT2D eigenvalue weighted by Gasteiger charge is -2.12. The number of anilines is 1. The van der Waals surface area contributed by atoms with Gasteiger partial charge in [0.05, 0.1) is 16.9 Å². The van der Waals surface area contributed by atoms with Crippen LogP contribution in [0.4, 0.5) is 5.69 Å². The highest BCUT2D eigenvalue weighted by Crippen LogP contribution is 2.24. The molecule has 0 saturated heterocycles. The number of nitrogens with two attached hydrogens (primary N) is 1. The van der Waals surface area contributed by atoms with Gasteiger partial charge in [-0.15, -0.1) is 10.2 Å². The predicted molar refractivity (Wildman–Crippen MR) is 116 cm³/mol. The third-order valence-electron chi connectivity index (χ3n) is 4.33. The molecular formula is C21H22N6O2S. The molecule has 2 aromatic carbocycles. The van der Waals surface area contributed by atoms with E-state index in [1.807, 2.05) is 38.1 Å². The summed E-state index contributed by atoms with van der Waals surface area (Å²) in [6, 6.07) is 14.7. The van der Waals surface area contributed by atoms with Crippen molar-refractivity contribution in [1.29, 1.82) is 5.26 Å². The first kappa shape index (κ1) is 21.2. The van der Waals surface area contributed by atoms with Crippen molar-refractivity contribution in [1.82, 2.24) is 14.9 Å². The van der Waals surface area contributed by atoms with Crippen molar-refractivity contribution in [3.63, 3.8) is 0 Å². The number of hydrogen-bond acceptors (Lipinski definition) is 7. The number of aromatic nitrogens is 3. The maximum Gasteiger partial charge on any atom is 0.237 e. The molecule has 0 bridgehead atoms. The van der Waals surface area contributed by atoms with E-state index in [-0.39, 0.29) is 12.5 Å². The minimum absolute atomic E-state index is 0.162. The maximum absolute atomic E-state index is 12.5. The number of benzene rings is 2. The normalized spacial score (nSPS) is 11.5. The molecule has 1 heterocycles. The molecule has 9 heteroatoms. The summed E-state index contributed by atoms with van der Waals surface area (Å²) >= 11 is 1.19. The summed E-state index contributed by atoms with van der Waals surface area (Å²) in [6.45, 7) is 5.90. The van der Waals surface area contributed by atoms with Gasteiger partial charge in [0.15, 0.2) is 5.82 Å². The number of ether oxygens (including phenoxy) is 1. The van der Waals surface area contributed by atoms with E-state index in [4.69, 9.17) is 15.8 Å². The third kappa shape index (κ3) is 5.10. The lowest BCUT2D eigenvalue weighted by atomic mass is 10.1. The van der Waals surface area contributed by atoms with Gasteiger partial charge < -0.3 is 15.9 Å². The lowest BCUT2D eigenvalue weighted by molar-refractivity contribution is -0.115. The SMILES string of the molecule is Cc1ccc(OCc2nnc(S[C@H](C)C(=O)Nc3cccc(C#N)c3)n2N)c(C)c1. The summed E-state index contributed by atoms with van der Waals surface area (Å²) in [4.78, 5) is 12.5. The van der Waals surface area contributed by atoms with Crippen molar-refractivity contribution in [3.8, 4) is 11.8 Å². The number of nitrogen functional groups attached to an aromatic ring is 1. The van der Waals surface area contributed by atoms with Crippen LogP contribution in [0.15, 0.2) is 47.6 Å². The van der Waals surface area contributed by atoms with Crippen LogP contribution in [0.1, 0.15) is 29.4 Å². The second kappa shape index (κ2) is 9.33. The van der Waals surface area contributed by atoms with Gasteiger partial charge in [0, 0.05) is 5.69 Å². The van der Waals surface area contributed by atoms with Crippen LogP contribution >= 0.6 is 11.8 Å². The minimum atomic E-state index is -0.477. The van der Waals surface area contributed by atoms with Crippen molar-refractivity contribution >= 4 is 23.4 Å². The fraction of sp³-hybridized carbons (Fsp3) is 0.238. The van der Waals surface area contributed by atoms with Gasteiger partial charge in [-0.05, 0) is 50.6 Å². The number of carbonyl (C=O) groups is 1. The molecule has 0 aliphatic carbocycles. The van der Waals surface area contributed by atoms with E-state index in [0.717, 1.165) is 16.9 Å². The van der Waals surface area contributed by atoms with Crippen LogP contribution in [0.25, 0.3) is 0 Å². The number of nitriles is 1. The Balaban J connectivity index is 1.60. The van der Waals surface area contributed by atoms with Crippen LogP contribution in [0.3, 0.4) is 0 Å². The molecular weight excluding hydrogens is 400 g/mol. The van der Waals surface area contributed by atoms with E-state index in [1.54, 1.807) is 31.2 Å². The largest absolute Gasteiger partial charge is 0.485 e. The Hall–Kier alpha value is -3.51. The van der Waals surface area contributed by atoms with Crippen molar-refractivity contribution in [2.75, 3.05) is 11.2 Å². The number of carbonyl (C=O) groups excluding carboxylic acids is 1. The second-order valence-corrected chi connectivity index (χ2v) is 8.08. The number of hydrogen-bond donors (Lipinski definition) is 2. The highest BCUT2D eigenvalue weighted by atomic mass is 32.2. The molecule has 0 aliphatic rings. The van der Waals surface area contributed by atoms with Gasteiger partial charge in [0.1, 0.15) is 12.4 Å². The summed E-state index contributed by atoms with van der Waals surface area (Å²) in [5.74, 6) is 7.07. The zero-order chi connectivity index (χ0) is 21.7. The highest BCUT2D eigenvalue weighted by molar-refractivity contribution is 8.00. The number of nitrogens with one attached hydrogen (secondary N) is 1. The molecule has 1 atom stereocenters. The number of rotatable bonds is 7. The van der Waals surface area contributed by atoms with Crippen molar-refractivity contribution < 1.29 is 9.53 Å². The number of thioether (sulfide) groups is 1. The van der Waals surface area contributed by atoms with Crippen LogP contribution in [0, 0.1) is 25.2 Å². The molecule has 0 radical (unpaired) electrons. The lowest BCUT2D eigenvalue weighted by Crippen LogP contribution is -2.24. The summed E-state index contributed by atoms with van der Waals surface area (Å²) < 4.78 is 7.13. The Morgan fingerprint density at radius 3 is 2.83 bits per heavy atom. The zero-order valence-electron chi connectivity index (χ0n) is 16.9. The van der Waals surface area contributed by atoms with E-state index < -0.39 is 5.25 Å².